The van der Waals surface area contributed by atoms with Crippen molar-refractivity contribution in [3.8, 4) is 11.4 Å². The third kappa shape index (κ3) is 3.99. The number of aromatic nitrogens is 4. The molecule has 7 nitrogen and oxygen atoms in total. The predicted octanol–water partition coefficient (Wildman–Crippen LogP) is 3.74. The van der Waals surface area contributed by atoms with Crippen molar-refractivity contribution in [2.75, 3.05) is 13.7 Å². The maximum Gasteiger partial charge on any atom is 0.254 e. The molecule has 2 aromatic carbocycles. The molecule has 0 bridgehead atoms. The van der Waals surface area contributed by atoms with Gasteiger partial charge in [0, 0.05) is 12.1 Å². The van der Waals surface area contributed by atoms with E-state index in [9.17, 15) is 4.79 Å². The van der Waals surface area contributed by atoms with Crippen LogP contribution in [0, 0.1) is 6.92 Å². The Morgan fingerprint density at radius 3 is 2.66 bits per heavy atom. The van der Waals surface area contributed by atoms with Gasteiger partial charge in [-0.3, -0.25) is 4.79 Å². The fourth-order valence-corrected chi connectivity index (χ4v) is 3.93. The summed E-state index contributed by atoms with van der Waals surface area (Å²) in [6, 6.07) is 15.6. The highest BCUT2D eigenvalue weighted by atomic mass is 16.5. The van der Waals surface area contributed by atoms with Gasteiger partial charge in [0.1, 0.15) is 5.75 Å². The standard InChI is InChI=1S/C22H25N5O2/c1-16-23-24-25-27(16)19-8-6-7-18(15-19)22(28)26-14-5-3-4-9-21(26)17-10-12-20(29-2)13-11-17/h6-8,10-13,15,21H,3-5,9,14H2,1-2H3/t21-/m1/s1. The Labute approximate surface area is 170 Å². The zero-order valence-electron chi connectivity index (χ0n) is 16.8. The molecule has 1 saturated heterocycles. The Kier molecular flexibility index (Phi) is 5.55. The summed E-state index contributed by atoms with van der Waals surface area (Å²) in [7, 11) is 1.66. The third-order valence-corrected chi connectivity index (χ3v) is 5.48. The number of benzene rings is 2. The van der Waals surface area contributed by atoms with Crippen molar-refractivity contribution >= 4 is 5.91 Å². The van der Waals surface area contributed by atoms with Crippen LogP contribution >= 0.6 is 0 Å². The number of carbonyl (C=O) groups is 1. The summed E-state index contributed by atoms with van der Waals surface area (Å²) in [6.45, 7) is 2.59. The average Bonchev–Trinajstić information content (AvgIpc) is 3.05. The SMILES string of the molecule is COc1ccc([C@H]2CCCCCN2C(=O)c2cccc(-n3nnnc3C)c2)cc1. The number of aryl methyl sites for hydroxylation is 1. The highest BCUT2D eigenvalue weighted by molar-refractivity contribution is 5.95. The largest absolute Gasteiger partial charge is 0.497 e. The normalized spacial score (nSPS) is 17.0. The number of methoxy groups -OCH3 is 1. The maximum atomic E-state index is 13.5. The lowest BCUT2D eigenvalue weighted by atomic mass is 10.00. The fraction of sp³-hybridized carbons (Fsp3) is 0.364. The van der Waals surface area contributed by atoms with Crippen molar-refractivity contribution in [3.63, 3.8) is 0 Å². The highest BCUT2D eigenvalue weighted by Gasteiger charge is 2.28. The molecule has 0 spiro atoms. The van der Waals surface area contributed by atoms with Crippen LogP contribution in [-0.4, -0.2) is 44.7 Å². The second-order valence-corrected chi connectivity index (χ2v) is 7.33. The molecule has 1 amide bonds. The monoisotopic (exact) mass is 391 g/mol. The van der Waals surface area contributed by atoms with Gasteiger partial charge in [0.15, 0.2) is 5.82 Å². The molecule has 3 aromatic rings. The highest BCUT2D eigenvalue weighted by Crippen LogP contribution is 2.32. The van der Waals surface area contributed by atoms with Crippen LogP contribution in [0.1, 0.15) is 53.5 Å². The summed E-state index contributed by atoms with van der Waals surface area (Å²) in [6.07, 6.45) is 4.23. The molecule has 0 saturated carbocycles. The van der Waals surface area contributed by atoms with Crippen molar-refractivity contribution in [3.05, 3.63) is 65.5 Å². The molecule has 2 heterocycles. The minimum Gasteiger partial charge on any atom is -0.497 e. The number of carbonyl (C=O) groups excluding carboxylic acids is 1. The number of tetrazole rings is 1. The van der Waals surface area contributed by atoms with Crippen LogP contribution in [0.25, 0.3) is 5.69 Å². The van der Waals surface area contributed by atoms with Crippen molar-refractivity contribution in [2.45, 2.75) is 38.6 Å². The van der Waals surface area contributed by atoms with E-state index in [1.54, 1.807) is 11.8 Å². The van der Waals surface area contributed by atoms with E-state index < -0.39 is 0 Å². The number of hydrogen-bond acceptors (Lipinski definition) is 5. The molecule has 29 heavy (non-hydrogen) atoms. The van der Waals surface area contributed by atoms with Gasteiger partial charge < -0.3 is 9.64 Å². The van der Waals surface area contributed by atoms with E-state index in [4.69, 9.17) is 4.74 Å². The van der Waals surface area contributed by atoms with Gasteiger partial charge in [-0.1, -0.05) is 31.0 Å². The summed E-state index contributed by atoms with van der Waals surface area (Å²) in [5.41, 5.74) is 2.58. The molecular weight excluding hydrogens is 366 g/mol. The van der Waals surface area contributed by atoms with Gasteiger partial charge in [0.05, 0.1) is 18.8 Å². The second kappa shape index (κ2) is 8.43. The lowest BCUT2D eigenvalue weighted by molar-refractivity contribution is 0.0681. The van der Waals surface area contributed by atoms with Crippen LogP contribution in [-0.2, 0) is 0 Å². The van der Waals surface area contributed by atoms with Crippen molar-refractivity contribution in [2.24, 2.45) is 0 Å². The van der Waals surface area contributed by atoms with E-state index in [-0.39, 0.29) is 11.9 Å². The Balaban J connectivity index is 1.65. The number of likely N-dealkylation sites (tertiary alicyclic amines) is 1. The van der Waals surface area contributed by atoms with Crippen LogP contribution < -0.4 is 4.74 Å². The van der Waals surface area contributed by atoms with E-state index in [1.165, 1.54) is 0 Å². The van der Waals surface area contributed by atoms with Gasteiger partial charge in [-0.05, 0) is 66.1 Å². The van der Waals surface area contributed by atoms with Crippen LogP contribution in [0.4, 0.5) is 0 Å². The molecule has 1 aliphatic rings. The van der Waals surface area contributed by atoms with Gasteiger partial charge in [-0.2, -0.15) is 4.68 Å². The number of ether oxygens (including phenoxy) is 1. The van der Waals surface area contributed by atoms with E-state index in [0.29, 0.717) is 11.4 Å². The van der Waals surface area contributed by atoms with Crippen molar-refractivity contribution in [1.29, 1.82) is 0 Å². The Hall–Kier alpha value is -3.22. The van der Waals surface area contributed by atoms with Crippen LogP contribution in [0.2, 0.25) is 0 Å². The molecule has 0 radical (unpaired) electrons. The van der Waals surface area contributed by atoms with Crippen LogP contribution in [0.5, 0.6) is 5.75 Å². The minimum atomic E-state index is 0.0419. The lowest BCUT2D eigenvalue weighted by Crippen LogP contribution is -2.34. The summed E-state index contributed by atoms with van der Waals surface area (Å²) in [5, 5.41) is 11.6. The Morgan fingerprint density at radius 2 is 1.93 bits per heavy atom. The van der Waals surface area contributed by atoms with Gasteiger partial charge in [0.2, 0.25) is 0 Å². The Bertz CT molecular complexity index is 983. The Morgan fingerprint density at radius 1 is 1.10 bits per heavy atom. The first kappa shape index (κ1) is 19.1. The molecule has 150 valence electrons. The molecule has 1 fully saturated rings. The molecule has 1 aromatic heterocycles. The summed E-state index contributed by atoms with van der Waals surface area (Å²) in [4.78, 5) is 15.5. The summed E-state index contributed by atoms with van der Waals surface area (Å²) < 4.78 is 6.92. The number of hydrogen-bond donors (Lipinski definition) is 0. The molecular formula is C22H25N5O2. The average molecular weight is 391 g/mol. The van der Waals surface area contributed by atoms with Gasteiger partial charge in [-0.25, -0.2) is 0 Å². The molecule has 0 aliphatic carbocycles. The summed E-state index contributed by atoms with van der Waals surface area (Å²) in [5.74, 6) is 1.55. The topological polar surface area (TPSA) is 73.1 Å². The van der Waals surface area contributed by atoms with Gasteiger partial charge in [-0.15, -0.1) is 5.10 Å². The molecule has 1 atom stereocenters. The molecule has 4 rings (SSSR count). The fourth-order valence-electron chi connectivity index (χ4n) is 3.93. The second-order valence-electron chi connectivity index (χ2n) is 7.33. The van der Waals surface area contributed by atoms with Crippen LogP contribution in [0.15, 0.2) is 48.5 Å². The smallest absolute Gasteiger partial charge is 0.254 e. The van der Waals surface area contributed by atoms with Gasteiger partial charge >= 0.3 is 0 Å². The number of nitrogens with zero attached hydrogens (tertiary/aromatic N) is 5. The molecule has 1 aliphatic heterocycles. The van der Waals surface area contributed by atoms with E-state index in [0.717, 1.165) is 49.2 Å². The van der Waals surface area contributed by atoms with E-state index in [2.05, 4.69) is 27.7 Å². The first-order valence-electron chi connectivity index (χ1n) is 9.98. The quantitative estimate of drug-likeness (QED) is 0.677. The minimum absolute atomic E-state index is 0.0419. The van der Waals surface area contributed by atoms with Gasteiger partial charge in [0.25, 0.3) is 5.91 Å². The first-order valence-corrected chi connectivity index (χ1v) is 9.98. The predicted molar refractivity (Wildman–Crippen MR) is 109 cm³/mol. The lowest BCUT2D eigenvalue weighted by Gasteiger charge is -2.31. The zero-order valence-corrected chi connectivity index (χ0v) is 16.8. The van der Waals surface area contributed by atoms with E-state index >= 15 is 0 Å². The van der Waals surface area contributed by atoms with Crippen molar-refractivity contribution < 1.29 is 9.53 Å². The first-order chi connectivity index (χ1) is 14.2. The van der Waals surface area contributed by atoms with E-state index in [1.807, 2.05) is 48.2 Å². The molecule has 7 heteroatoms. The maximum absolute atomic E-state index is 13.5. The van der Waals surface area contributed by atoms with Crippen LogP contribution in [0.3, 0.4) is 0 Å². The molecule has 0 N–H and O–H groups in total. The summed E-state index contributed by atoms with van der Waals surface area (Å²) >= 11 is 0. The molecule has 0 unspecified atom stereocenters. The third-order valence-electron chi connectivity index (χ3n) is 5.48. The number of rotatable bonds is 4. The van der Waals surface area contributed by atoms with Crippen molar-refractivity contribution in [1.82, 2.24) is 25.1 Å². The number of amides is 1. The zero-order chi connectivity index (χ0) is 20.2.